The lowest BCUT2D eigenvalue weighted by molar-refractivity contribution is -0.115. The van der Waals surface area contributed by atoms with Gasteiger partial charge in [0.2, 0.25) is 5.91 Å². The fourth-order valence-corrected chi connectivity index (χ4v) is 6.85. The average Bonchev–Trinajstić information content (AvgIpc) is 3.36. The van der Waals surface area contributed by atoms with Crippen LogP contribution in [-0.4, -0.2) is 34.9 Å². The Bertz CT molecular complexity index is 1580. The largest absolute Gasteiger partial charge is 0.362 e. The second-order valence-electron chi connectivity index (χ2n) is 9.86. The first-order chi connectivity index (χ1) is 19.3. The molecule has 2 aliphatic rings. The molecule has 11 heteroatoms. The maximum Gasteiger partial charge on any atom is 0.263 e. The van der Waals surface area contributed by atoms with Crippen LogP contribution in [0.2, 0.25) is 10.0 Å². The van der Waals surface area contributed by atoms with Gasteiger partial charge in [0, 0.05) is 38.4 Å². The number of aromatic nitrogens is 2. The van der Waals surface area contributed by atoms with Crippen LogP contribution in [0.5, 0.6) is 0 Å². The SMILES string of the molecule is CCSc1ccc2c(c1)CCN2CC(=O)Nc1cc(Cl)c(C2(c3noc(-c4c(F)cccc4F)n3)CC2)c(Cl)c1. The molecule has 0 saturated heterocycles. The fraction of sp³-hybridized carbons (Fsp3) is 0.276. The zero-order chi connectivity index (χ0) is 28.0. The smallest absolute Gasteiger partial charge is 0.263 e. The van der Waals surface area contributed by atoms with Crippen molar-refractivity contribution < 1.29 is 18.1 Å². The Morgan fingerprint density at radius 1 is 1.12 bits per heavy atom. The Hall–Kier alpha value is -3.14. The third kappa shape index (κ3) is 4.95. The molecule has 6 rings (SSSR count). The van der Waals surface area contributed by atoms with E-state index in [1.165, 1.54) is 16.5 Å². The van der Waals surface area contributed by atoms with Gasteiger partial charge in [-0.1, -0.05) is 41.3 Å². The van der Waals surface area contributed by atoms with Crippen molar-refractivity contribution in [2.75, 3.05) is 29.1 Å². The molecular weight excluding hydrogens is 577 g/mol. The lowest BCUT2D eigenvalue weighted by Gasteiger charge is -2.20. The van der Waals surface area contributed by atoms with Crippen LogP contribution < -0.4 is 10.2 Å². The first-order valence-electron chi connectivity index (χ1n) is 12.9. The maximum atomic E-state index is 14.3. The van der Waals surface area contributed by atoms with Gasteiger partial charge in [0.1, 0.15) is 17.2 Å². The van der Waals surface area contributed by atoms with Crippen LogP contribution in [0.15, 0.2) is 57.9 Å². The standard InChI is InChI=1S/C29H24Cl2F2N4O2S/c1-2-40-18-6-7-23-16(12-18)8-11-37(23)15-24(38)34-17-13-19(30)26(20(31)14-17)29(9-10-29)28-35-27(39-36-28)25-21(32)4-3-5-22(25)33/h3-7,12-14H,2,8-11,15H2,1H3,(H,34,38). The Morgan fingerprint density at radius 3 is 2.52 bits per heavy atom. The highest BCUT2D eigenvalue weighted by molar-refractivity contribution is 7.99. The van der Waals surface area contributed by atoms with E-state index < -0.39 is 17.0 Å². The number of amides is 1. The highest BCUT2D eigenvalue weighted by Crippen LogP contribution is 2.57. The number of benzene rings is 3. The van der Waals surface area contributed by atoms with Crippen LogP contribution in [0, 0.1) is 11.6 Å². The predicted octanol–water partition coefficient (Wildman–Crippen LogP) is 7.51. The van der Waals surface area contributed by atoms with Crippen LogP contribution in [0.25, 0.3) is 11.5 Å². The van der Waals surface area contributed by atoms with Gasteiger partial charge in [-0.05, 0) is 73.0 Å². The number of hydrogen-bond acceptors (Lipinski definition) is 6. The number of anilines is 2. The molecule has 0 radical (unpaired) electrons. The second kappa shape index (κ2) is 10.7. The van der Waals surface area contributed by atoms with E-state index in [4.69, 9.17) is 27.7 Å². The van der Waals surface area contributed by atoms with Gasteiger partial charge >= 0.3 is 0 Å². The van der Waals surface area contributed by atoms with Gasteiger partial charge in [-0.25, -0.2) is 8.78 Å². The number of carbonyl (C=O) groups excluding carboxylic acids is 1. The summed E-state index contributed by atoms with van der Waals surface area (Å²) < 4.78 is 33.7. The fourth-order valence-electron chi connectivity index (χ4n) is 5.28. The van der Waals surface area contributed by atoms with E-state index in [9.17, 15) is 13.6 Å². The number of thioether (sulfide) groups is 1. The van der Waals surface area contributed by atoms with Crippen molar-refractivity contribution in [1.82, 2.24) is 10.1 Å². The highest BCUT2D eigenvalue weighted by Gasteiger charge is 2.52. The van der Waals surface area contributed by atoms with E-state index in [1.54, 1.807) is 23.9 Å². The Kier molecular flexibility index (Phi) is 7.23. The summed E-state index contributed by atoms with van der Waals surface area (Å²) >= 11 is 15.2. The molecule has 0 atom stereocenters. The minimum absolute atomic E-state index is 0.185. The number of hydrogen-bond donors (Lipinski definition) is 1. The molecule has 1 N–H and O–H groups in total. The number of carbonyl (C=O) groups is 1. The first kappa shape index (κ1) is 27.1. The molecule has 1 aromatic heterocycles. The third-order valence-corrected chi connectivity index (χ3v) is 8.75. The van der Waals surface area contributed by atoms with E-state index >= 15 is 0 Å². The van der Waals surface area contributed by atoms with Crippen molar-refractivity contribution in [3.05, 3.63) is 87.2 Å². The van der Waals surface area contributed by atoms with E-state index in [2.05, 4.69) is 45.5 Å². The Morgan fingerprint density at radius 2 is 1.85 bits per heavy atom. The van der Waals surface area contributed by atoms with Crippen molar-refractivity contribution in [2.45, 2.75) is 36.5 Å². The van der Waals surface area contributed by atoms with E-state index in [1.807, 2.05) is 0 Å². The van der Waals surface area contributed by atoms with Gasteiger partial charge in [-0.15, -0.1) is 11.8 Å². The van der Waals surface area contributed by atoms with Crippen molar-refractivity contribution in [2.24, 2.45) is 0 Å². The Balaban J connectivity index is 1.19. The molecule has 40 heavy (non-hydrogen) atoms. The first-order valence-corrected chi connectivity index (χ1v) is 14.6. The normalized spacial score (nSPS) is 15.3. The monoisotopic (exact) mass is 600 g/mol. The molecule has 1 amide bonds. The van der Waals surface area contributed by atoms with Crippen LogP contribution in [0.4, 0.5) is 20.2 Å². The highest BCUT2D eigenvalue weighted by atomic mass is 35.5. The molecule has 1 aliphatic carbocycles. The predicted molar refractivity (Wildman–Crippen MR) is 154 cm³/mol. The molecule has 3 aromatic carbocycles. The van der Waals surface area contributed by atoms with Crippen LogP contribution in [0.3, 0.4) is 0 Å². The van der Waals surface area contributed by atoms with E-state index in [0.717, 1.165) is 36.5 Å². The second-order valence-corrected chi connectivity index (χ2v) is 12.0. The summed E-state index contributed by atoms with van der Waals surface area (Å²) in [6, 6.07) is 13.2. The number of nitrogens with one attached hydrogen (secondary N) is 1. The van der Waals surface area contributed by atoms with Gasteiger partial charge in [0.15, 0.2) is 5.82 Å². The van der Waals surface area contributed by atoms with Crippen molar-refractivity contribution in [3.63, 3.8) is 0 Å². The minimum Gasteiger partial charge on any atom is -0.362 e. The summed E-state index contributed by atoms with van der Waals surface area (Å²) in [5, 5.41) is 7.58. The molecule has 6 nitrogen and oxygen atoms in total. The lowest BCUT2D eigenvalue weighted by atomic mass is 9.94. The minimum atomic E-state index is -0.797. The molecule has 1 aliphatic heterocycles. The molecule has 2 heterocycles. The number of fused-ring (bicyclic) bond motifs is 1. The number of rotatable bonds is 8. The quantitative estimate of drug-likeness (QED) is 0.211. The van der Waals surface area contributed by atoms with Gasteiger partial charge in [-0.3, -0.25) is 4.79 Å². The van der Waals surface area contributed by atoms with Gasteiger partial charge in [0.25, 0.3) is 5.89 Å². The summed E-state index contributed by atoms with van der Waals surface area (Å²) in [7, 11) is 0. The molecular formula is C29H24Cl2F2N4O2S. The van der Waals surface area contributed by atoms with Crippen molar-refractivity contribution in [3.8, 4) is 11.5 Å². The number of nitrogens with zero attached hydrogens (tertiary/aromatic N) is 3. The van der Waals surface area contributed by atoms with Crippen LogP contribution in [0.1, 0.15) is 36.7 Å². The lowest BCUT2D eigenvalue weighted by Crippen LogP contribution is -2.31. The van der Waals surface area contributed by atoms with Gasteiger partial charge in [0.05, 0.1) is 12.0 Å². The average molecular weight is 602 g/mol. The van der Waals surface area contributed by atoms with Crippen LogP contribution in [-0.2, 0) is 16.6 Å². The summed E-state index contributed by atoms with van der Waals surface area (Å²) in [6.07, 6.45) is 2.16. The van der Waals surface area contributed by atoms with Gasteiger partial charge in [-0.2, -0.15) is 4.98 Å². The van der Waals surface area contributed by atoms with Crippen molar-refractivity contribution in [1.29, 1.82) is 0 Å². The summed E-state index contributed by atoms with van der Waals surface area (Å²) in [6.45, 7) is 3.10. The number of halogens is 4. The molecule has 1 saturated carbocycles. The van der Waals surface area contributed by atoms with E-state index in [-0.39, 0.29) is 29.7 Å². The summed E-state index contributed by atoms with van der Waals surface area (Å²) in [5.41, 5.74) is 2.26. The topological polar surface area (TPSA) is 71.3 Å². The molecule has 0 unspecified atom stereocenters. The van der Waals surface area contributed by atoms with E-state index in [0.29, 0.717) is 34.1 Å². The summed E-state index contributed by atoms with van der Waals surface area (Å²) in [4.78, 5) is 20.5. The summed E-state index contributed by atoms with van der Waals surface area (Å²) in [5.74, 6) is -0.770. The molecule has 1 fully saturated rings. The third-order valence-electron chi connectivity index (χ3n) is 7.27. The molecule has 0 bridgehead atoms. The zero-order valence-electron chi connectivity index (χ0n) is 21.4. The van der Waals surface area contributed by atoms with Crippen molar-refractivity contribution >= 4 is 52.2 Å². The zero-order valence-corrected chi connectivity index (χ0v) is 23.8. The molecule has 0 spiro atoms. The van der Waals surface area contributed by atoms with Gasteiger partial charge < -0.3 is 14.7 Å². The van der Waals surface area contributed by atoms with Crippen LogP contribution >= 0.6 is 35.0 Å². The molecule has 206 valence electrons. The molecule has 4 aromatic rings. The maximum absolute atomic E-state index is 14.3. The Labute approximate surface area is 244 Å².